The van der Waals surface area contributed by atoms with Crippen LogP contribution in [-0.2, 0) is 0 Å². The van der Waals surface area contributed by atoms with E-state index in [0.717, 1.165) is 0 Å². The number of urea groups is 1. The summed E-state index contributed by atoms with van der Waals surface area (Å²) in [5.41, 5.74) is 12.5. The normalized spacial score (nSPS) is 9.79. The van der Waals surface area contributed by atoms with Crippen molar-refractivity contribution in [3.63, 3.8) is 0 Å². The minimum Gasteiger partial charge on any atom is -0.397 e. The summed E-state index contributed by atoms with van der Waals surface area (Å²) in [5.74, 6) is -0.103. The molecule has 0 atom stereocenters. The van der Waals surface area contributed by atoms with E-state index in [2.05, 4.69) is 10.6 Å². The highest BCUT2D eigenvalue weighted by Crippen LogP contribution is 2.20. The molecule has 6 N–H and O–H groups in total. The Kier molecular flexibility index (Phi) is 4.99. The van der Waals surface area contributed by atoms with Crippen LogP contribution >= 0.6 is 0 Å². The second-order valence-electron chi connectivity index (χ2n) is 4.22. The molecule has 1 aromatic carbocycles. The van der Waals surface area contributed by atoms with Gasteiger partial charge in [-0.25, -0.2) is 4.79 Å². The number of nitrogens with two attached hydrogens (primary N) is 2. The van der Waals surface area contributed by atoms with Crippen LogP contribution in [0.3, 0.4) is 0 Å². The molecular formula is C12H19N5O2. The van der Waals surface area contributed by atoms with E-state index in [0.29, 0.717) is 30.0 Å². The Labute approximate surface area is 111 Å². The topological polar surface area (TPSA) is 113 Å². The van der Waals surface area contributed by atoms with Crippen LogP contribution in [0.1, 0.15) is 10.4 Å². The lowest BCUT2D eigenvalue weighted by molar-refractivity contribution is 0.0827. The first kappa shape index (κ1) is 14.6. The maximum atomic E-state index is 11.7. The van der Waals surface area contributed by atoms with Crippen molar-refractivity contribution in [3.05, 3.63) is 23.8 Å². The van der Waals surface area contributed by atoms with E-state index >= 15 is 0 Å². The molecule has 0 bridgehead atoms. The number of anilines is 2. The molecular weight excluding hydrogens is 246 g/mol. The molecule has 1 rings (SSSR count). The number of nitrogens with one attached hydrogen (secondary N) is 2. The van der Waals surface area contributed by atoms with Gasteiger partial charge in [0.05, 0.1) is 11.4 Å². The van der Waals surface area contributed by atoms with Gasteiger partial charge in [0, 0.05) is 32.7 Å². The van der Waals surface area contributed by atoms with Gasteiger partial charge < -0.3 is 27.0 Å². The molecule has 104 valence electrons. The number of primary amides is 1. The van der Waals surface area contributed by atoms with E-state index < -0.39 is 6.03 Å². The fourth-order valence-corrected chi connectivity index (χ4v) is 1.50. The lowest BCUT2D eigenvalue weighted by atomic mass is 10.1. The Morgan fingerprint density at radius 2 is 1.95 bits per heavy atom. The molecule has 0 saturated carbocycles. The Morgan fingerprint density at radius 1 is 1.26 bits per heavy atom. The minimum absolute atomic E-state index is 0.103. The molecule has 0 fully saturated rings. The fourth-order valence-electron chi connectivity index (χ4n) is 1.50. The Balaban J connectivity index is 2.62. The van der Waals surface area contributed by atoms with E-state index in [1.54, 1.807) is 32.3 Å². The number of carbonyl (C=O) groups is 2. The molecule has 0 aromatic heterocycles. The first-order chi connectivity index (χ1) is 8.91. The van der Waals surface area contributed by atoms with Crippen molar-refractivity contribution < 1.29 is 9.59 Å². The summed E-state index contributed by atoms with van der Waals surface area (Å²) in [6, 6.07) is 4.48. The van der Waals surface area contributed by atoms with Crippen LogP contribution < -0.4 is 22.1 Å². The van der Waals surface area contributed by atoms with Gasteiger partial charge in [0.15, 0.2) is 0 Å². The molecule has 0 aliphatic rings. The molecule has 3 amide bonds. The molecule has 0 aliphatic heterocycles. The van der Waals surface area contributed by atoms with E-state index in [1.165, 1.54) is 4.90 Å². The smallest absolute Gasteiger partial charge is 0.312 e. The lowest BCUT2D eigenvalue weighted by Gasteiger charge is -2.13. The average Bonchev–Trinajstić information content (AvgIpc) is 2.34. The maximum Gasteiger partial charge on any atom is 0.312 e. The second kappa shape index (κ2) is 6.48. The molecule has 0 saturated heterocycles. The summed E-state index contributed by atoms with van der Waals surface area (Å²) in [6.07, 6.45) is 0. The van der Waals surface area contributed by atoms with Crippen molar-refractivity contribution in [3.8, 4) is 0 Å². The van der Waals surface area contributed by atoms with Crippen molar-refractivity contribution >= 4 is 23.3 Å². The number of carbonyl (C=O) groups excluding carboxylic acids is 2. The van der Waals surface area contributed by atoms with Gasteiger partial charge in [0.2, 0.25) is 0 Å². The number of rotatable bonds is 5. The fraction of sp³-hybridized carbons (Fsp3) is 0.333. The maximum absolute atomic E-state index is 11.7. The third kappa shape index (κ3) is 4.38. The number of nitrogens with zero attached hydrogens (tertiary/aromatic N) is 1. The van der Waals surface area contributed by atoms with Gasteiger partial charge in [-0.15, -0.1) is 0 Å². The molecule has 1 aromatic rings. The highest BCUT2D eigenvalue weighted by atomic mass is 16.2. The predicted octanol–water partition coefficient (Wildman–Crippen LogP) is 0.0508. The van der Waals surface area contributed by atoms with Gasteiger partial charge in [-0.05, 0) is 18.2 Å². The minimum atomic E-state index is -0.568. The van der Waals surface area contributed by atoms with Crippen LogP contribution in [0, 0.1) is 0 Å². The Morgan fingerprint density at radius 3 is 2.47 bits per heavy atom. The standard InChI is InChI=1S/C12H19N5O2/c1-17(2)11(18)8-3-4-10(9(13)7-8)15-5-6-16-12(14)19/h3-4,7,15H,5-6,13H2,1-2H3,(H3,14,16,19). The average molecular weight is 265 g/mol. The van der Waals surface area contributed by atoms with Gasteiger partial charge in [-0.1, -0.05) is 0 Å². The summed E-state index contributed by atoms with van der Waals surface area (Å²) >= 11 is 0. The molecule has 7 heteroatoms. The van der Waals surface area contributed by atoms with Crippen LogP contribution in [0.4, 0.5) is 16.2 Å². The summed E-state index contributed by atoms with van der Waals surface area (Å²) < 4.78 is 0. The molecule has 19 heavy (non-hydrogen) atoms. The van der Waals surface area contributed by atoms with Crippen LogP contribution in [-0.4, -0.2) is 44.0 Å². The van der Waals surface area contributed by atoms with Crippen molar-refractivity contribution in [2.24, 2.45) is 5.73 Å². The predicted molar refractivity (Wildman–Crippen MR) is 74.9 cm³/mol. The zero-order chi connectivity index (χ0) is 14.4. The molecule has 0 spiro atoms. The monoisotopic (exact) mass is 265 g/mol. The number of amides is 3. The third-order valence-corrected chi connectivity index (χ3v) is 2.44. The molecule has 0 radical (unpaired) electrons. The largest absolute Gasteiger partial charge is 0.397 e. The van der Waals surface area contributed by atoms with E-state index in [4.69, 9.17) is 11.5 Å². The van der Waals surface area contributed by atoms with Crippen molar-refractivity contribution in [1.29, 1.82) is 0 Å². The molecule has 7 nitrogen and oxygen atoms in total. The van der Waals surface area contributed by atoms with Crippen molar-refractivity contribution in [1.82, 2.24) is 10.2 Å². The van der Waals surface area contributed by atoms with Crippen LogP contribution in [0.15, 0.2) is 18.2 Å². The SMILES string of the molecule is CN(C)C(=O)c1ccc(NCCNC(N)=O)c(N)c1. The number of hydrogen-bond donors (Lipinski definition) is 4. The van der Waals surface area contributed by atoms with Crippen molar-refractivity contribution in [2.45, 2.75) is 0 Å². The molecule has 0 heterocycles. The second-order valence-corrected chi connectivity index (χ2v) is 4.22. The van der Waals surface area contributed by atoms with Crippen LogP contribution in [0.2, 0.25) is 0 Å². The lowest BCUT2D eigenvalue weighted by Crippen LogP contribution is -2.33. The summed E-state index contributed by atoms with van der Waals surface area (Å²) in [7, 11) is 3.36. The first-order valence-electron chi connectivity index (χ1n) is 5.80. The zero-order valence-corrected chi connectivity index (χ0v) is 11.1. The molecule has 0 unspecified atom stereocenters. The van der Waals surface area contributed by atoms with Crippen molar-refractivity contribution in [2.75, 3.05) is 38.2 Å². The zero-order valence-electron chi connectivity index (χ0n) is 11.1. The third-order valence-electron chi connectivity index (χ3n) is 2.44. The number of nitrogen functional groups attached to an aromatic ring is 1. The van der Waals surface area contributed by atoms with Gasteiger partial charge in [0.1, 0.15) is 0 Å². The quantitative estimate of drug-likeness (QED) is 0.445. The van der Waals surface area contributed by atoms with E-state index in [-0.39, 0.29) is 5.91 Å². The highest BCUT2D eigenvalue weighted by Gasteiger charge is 2.09. The molecule has 0 aliphatic carbocycles. The van der Waals surface area contributed by atoms with Gasteiger partial charge >= 0.3 is 6.03 Å². The van der Waals surface area contributed by atoms with Gasteiger partial charge in [0.25, 0.3) is 5.91 Å². The van der Waals surface area contributed by atoms with Gasteiger partial charge in [-0.2, -0.15) is 0 Å². The number of benzene rings is 1. The highest BCUT2D eigenvalue weighted by molar-refractivity contribution is 5.95. The summed E-state index contributed by atoms with van der Waals surface area (Å²) in [5, 5.41) is 5.50. The van der Waals surface area contributed by atoms with Crippen LogP contribution in [0.25, 0.3) is 0 Å². The Hall–Kier alpha value is -2.44. The van der Waals surface area contributed by atoms with Crippen LogP contribution in [0.5, 0.6) is 0 Å². The Bertz CT molecular complexity index is 473. The first-order valence-corrected chi connectivity index (χ1v) is 5.80. The summed E-state index contributed by atoms with van der Waals surface area (Å²) in [6.45, 7) is 0.890. The van der Waals surface area contributed by atoms with E-state index in [1.807, 2.05) is 0 Å². The van der Waals surface area contributed by atoms with Gasteiger partial charge in [-0.3, -0.25) is 4.79 Å². The number of hydrogen-bond acceptors (Lipinski definition) is 4. The summed E-state index contributed by atoms with van der Waals surface area (Å²) in [4.78, 5) is 23.7. The van der Waals surface area contributed by atoms with E-state index in [9.17, 15) is 9.59 Å².